The standard InChI is InChI=1S/C15H18BN5O5/c17-5-4-10-7-18-20-21(10)8-13(22)19-12-6-9-2-1-3-11(15(23)24)14(9)26-16(12)25/h1-3,7,12,25H,4-6,8,17H2,(H,19,22)(H,23,24)/t12-/m0/s1. The molecule has 2 heterocycles. The fourth-order valence-electron chi connectivity index (χ4n) is 2.86. The topological polar surface area (TPSA) is 153 Å². The van der Waals surface area contributed by atoms with Crippen LogP contribution in [0.15, 0.2) is 24.4 Å². The maximum absolute atomic E-state index is 12.3. The lowest BCUT2D eigenvalue weighted by molar-refractivity contribution is -0.122. The minimum Gasteiger partial charge on any atom is -0.534 e. The summed E-state index contributed by atoms with van der Waals surface area (Å²) in [7, 11) is -1.36. The molecular formula is C15H18BN5O5. The monoisotopic (exact) mass is 359 g/mol. The highest BCUT2D eigenvalue weighted by molar-refractivity contribution is 6.47. The molecule has 0 fully saturated rings. The highest BCUT2D eigenvalue weighted by Crippen LogP contribution is 2.30. The molecular weight excluding hydrogens is 341 g/mol. The normalized spacial score (nSPS) is 15.9. The maximum atomic E-state index is 12.3. The Balaban J connectivity index is 1.69. The molecule has 11 heteroatoms. The van der Waals surface area contributed by atoms with Crippen LogP contribution in [-0.4, -0.2) is 56.6 Å². The largest absolute Gasteiger partial charge is 0.547 e. The van der Waals surface area contributed by atoms with Crippen molar-refractivity contribution in [2.24, 2.45) is 5.73 Å². The van der Waals surface area contributed by atoms with Gasteiger partial charge in [0.25, 0.3) is 0 Å². The number of fused-ring (bicyclic) bond motifs is 1. The fraction of sp³-hybridized carbons (Fsp3) is 0.333. The number of hydrogen-bond acceptors (Lipinski definition) is 7. The van der Waals surface area contributed by atoms with E-state index in [2.05, 4.69) is 15.6 Å². The number of carbonyl (C=O) groups excluding carboxylic acids is 1. The minimum atomic E-state index is -1.36. The molecule has 26 heavy (non-hydrogen) atoms. The lowest BCUT2D eigenvalue weighted by Gasteiger charge is -2.28. The number of rotatable bonds is 6. The molecule has 0 saturated carbocycles. The Morgan fingerprint density at radius 3 is 3.00 bits per heavy atom. The van der Waals surface area contributed by atoms with Gasteiger partial charge in [-0.25, -0.2) is 9.48 Å². The number of amides is 1. The van der Waals surface area contributed by atoms with E-state index in [0.29, 0.717) is 18.5 Å². The number of hydrogen-bond donors (Lipinski definition) is 4. The summed E-state index contributed by atoms with van der Waals surface area (Å²) in [6, 6.07) is 4.69. The number of nitrogens with one attached hydrogen (secondary N) is 1. The molecule has 1 atom stereocenters. The zero-order valence-electron chi connectivity index (χ0n) is 13.8. The zero-order valence-corrected chi connectivity index (χ0v) is 13.8. The lowest BCUT2D eigenvalue weighted by atomic mass is 9.72. The predicted molar refractivity (Wildman–Crippen MR) is 90.4 cm³/mol. The van der Waals surface area contributed by atoms with Crippen molar-refractivity contribution in [1.29, 1.82) is 0 Å². The highest BCUT2D eigenvalue weighted by atomic mass is 16.5. The van der Waals surface area contributed by atoms with Crippen LogP contribution in [0.2, 0.25) is 0 Å². The van der Waals surface area contributed by atoms with Crippen LogP contribution < -0.4 is 15.7 Å². The Kier molecular flexibility index (Phi) is 5.19. The summed E-state index contributed by atoms with van der Waals surface area (Å²) in [5, 5.41) is 29.6. The van der Waals surface area contributed by atoms with Crippen LogP contribution in [0.1, 0.15) is 21.6 Å². The van der Waals surface area contributed by atoms with Crippen LogP contribution >= 0.6 is 0 Å². The summed E-state index contributed by atoms with van der Waals surface area (Å²) < 4.78 is 6.78. The summed E-state index contributed by atoms with van der Waals surface area (Å²) in [6.45, 7) is 0.341. The van der Waals surface area contributed by atoms with Crippen molar-refractivity contribution in [2.75, 3.05) is 6.54 Å². The van der Waals surface area contributed by atoms with E-state index < -0.39 is 19.0 Å². The van der Waals surface area contributed by atoms with Crippen molar-refractivity contribution in [2.45, 2.75) is 25.3 Å². The molecule has 1 aromatic carbocycles. The second kappa shape index (κ2) is 7.54. The summed E-state index contributed by atoms with van der Waals surface area (Å²) in [5.74, 6) is -2.10. The van der Waals surface area contributed by atoms with Gasteiger partial charge in [0.1, 0.15) is 12.3 Å². The van der Waals surface area contributed by atoms with Crippen LogP contribution in [0, 0.1) is 0 Å². The Hall–Kier alpha value is -2.92. The Morgan fingerprint density at radius 1 is 1.46 bits per heavy atom. The van der Waals surface area contributed by atoms with Crippen LogP contribution in [-0.2, 0) is 24.2 Å². The van der Waals surface area contributed by atoms with Gasteiger partial charge >= 0.3 is 13.1 Å². The minimum absolute atomic E-state index is 0.0274. The van der Waals surface area contributed by atoms with E-state index in [-0.39, 0.29) is 30.2 Å². The summed E-state index contributed by atoms with van der Waals surface area (Å²) >= 11 is 0. The third kappa shape index (κ3) is 3.68. The second-order valence-electron chi connectivity index (χ2n) is 5.91. The van der Waals surface area contributed by atoms with E-state index in [1.807, 2.05) is 0 Å². The van der Waals surface area contributed by atoms with Gasteiger partial charge in [-0.1, -0.05) is 17.3 Å². The van der Waals surface area contributed by atoms with E-state index in [0.717, 1.165) is 5.69 Å². The van der Waals surface area contributed by atoms with Gasteiger partial charge < -0.3 is 25.8 Å². The van der Waals surface area contributed by atoms with Crippen LogP contribution in [0.25, 0.3) is 0 Å². The van der Waals surface area contributed by atoms with E-state index in [9.17, 15) is 19.7 Å². The first-order chi connectivity index (χ1) is 12.5. The number of benzene rings is 1. The van der Waals surface area contributed by atoms with Gasteiger partial charge in [0.05, 0.1) is 23.4 Å². The average molecular weight is 359 g/mol. The van der Waals surface area contributed by atoms with E-state index in [1.54, 1.807) is 18.3 Å². The Morgan fingerprint density at radius 2 is 2.27 bits per heavy atom. The molecule has 1 aromatic heterocycles. The van der Waals surface area contributed by atoms with Crippen LogP contribution in [0.3, 0.4) is 0 Å². The van der Waals surface area contributed by atoms with Gasteiger partial charge in [0.15, 0.2) is 0 Å². The fourth-order valence-corrected chi connectivity index (χ4v) is 2.86. The number of para-hydroxylation sites is 1. The van der Waals surface area contributed by atoms with Crippen molar-refractivity contribution in [3.05, 3.63) is 41.2 Å². The molecule has 0 radical (unpaired) electrons. The molecule has 0 aliphatic carbocycles. The number of aromatic carboxylic acids is 1. The average Bonchev–Trinajstić information content (AvgIpc) is 3.02. The van der Waals surface area contributed by atoms with Crippen molar-refractivity contribution < 1.29 is 24.4 Å². The molecule has 1 amide bonds. The molecule has 10 nitrogen and oxygen atoms in total. The van der Waals surface area contributed by atoms with Crippen LogP contribution in [0.4, 0.5) is 0 Å². The lowest BCUT2D eigenvalue weighted by Crippen LogP contribution is -2.53. The van der Waals surface area contributed by atoms with Crippen molar-refractivity contribution in [3.8, 4) is 5.75 Å². The summed E-state index contributed by atoms with van der Waals surface area (Å²) in [6.07, 6.45) is 2.33. The van der Waals surface area contributed by atoms with Gasteiger partial charge in [-0.15, -0.1) is 5.10 Å². The smallest absolute Gasteiger partial charge is 0.534 e. The van der Waals surface area contributed by atoms with E-state index >= 15 is 0 Å². The predicted octanol–water partition coefficient (Wildman–Crippen LogP) is -1.38. The zero-order chi connectivity index (χ0) is 18.7. The molecule has 5 N–H and O–H groups in total. The second-order valence-corrected chi connectivity index (χ2v) is 5.91. The van der Waals surface area contributed by atoms with Gasteiger partial charge in [-0.3, -0.25) is 4.79 Å². The number of carboxylic acid groups (broad SMARTS) is 1. The first kappa shape index (κ1) is 17.9. The van der Waals surface area contributed by atoms with Gasteiger partial charge in [-0.2, -0.15) is 0 Å². The molecule has 2 aromatic rings. The van der Waals surface area contributed by atoms with Crippen molar-refractivity contribution in [3.63, 3.8) is 0 Å². The Bertz CT molecular complexity index is 827. The number of carbonyl (C=O) groups is 2. The molecule has 0 bridgehead atoms. The molecule has 1 aliphatic rings. The molecule has 136 valence electrons. The van der Waals surface area contributed by atoms with E-state index in [4.69, 9.17) is 10.4 Å². The molecule has 3 rings (SSSR count). The SMILES string of the molecule is NCCc1cnnn1CC(=O)N[C@H]1Cc2cccc(C(=O)O)c2OB1O. The van der Waals surface area contributed by atoms with Crippen LogP contribution in [0.5, 0.6) is 5.75 Å². The maximum Gasteiger partial charge on any atom is 0.547 e. The van der Waals surface area contributed by atoms with Gasteiger partial charge in [-0.05, 0) is 24.6 Å². The van der Waals surface area contributed by atoms with E-state index in [1.165, 1.54) is 10.7 Å². The number of aromatic nitrogens is 3. The molecule has 0 unspecified atom stereocenters. The van der Waals surface area contributed by atoms with Crippen molar-refractivity contribution >= 4 is 19.0 Å². The molecule has 0 saturated heterocycles. The number of carboxylic acids is 1. The first-order valence-electron chi connectivity index (χ1n) is 8.06. The van der Waals surface area contributed by atoms with Gasteiger partial charge in [0.2, 0.25) is 5.91 Å². The quantitative estimate of drug-likeness (QED) is 0.460. The third-order valence-corrected chi connectivity index (χ3v) is 4.09. The number of nitrogens with zero attached hydrogens (tertiary/aromatic N) is 3. The van der Waals surface area contributed by atoms with Gasteiger partial charge in [0, 0.05) is 6.42 Å². The number of nitrogens with two attached hydrogens (primary N) is 1. The third-order valence-electron chi connectivity index (χ3n) is 4.09. The molecule has 1 aliphatic heterocycles. The summed E-state index contributed by atoms with van der Waals surface area (Å²) in [4.78, 5) is 23.5. The highest BCUT2D eigenvalue weighted by Gasteiger charge is 2.37. The first-order valence-corrected chi connectivity index (χ1v) is 8.06. The Labute approximate surface area is 149 Å². The molecule has 0 spiro atoms. The summed E-state index contributed by atoms with van der Waals surface area (Å²) in [5.41, 5.74) is 6.82. The van der Waals surface area contributed by atoms with Crippen molar-refractivity contribution in [1.82, 2.24) is 20.3 Å².